The van der Waals surface area contributed by atoms with E-state index in [-0.39, 0.29) is 17.6 Å². The summed E-state index contributed by atoms with van der Waals surface area (Å²) in [6.07, 6.45) is 16.4. The molecule has 4 nitrogen and oxygen atoms in total. The summed E-state index contributed by atoms with van der Waals surface area (Å²) in [6.45, 7) is 9.88. The maximum atomic E-state index is 11.6. The number of hydrogen-bond donors (Lipinski definition) is 2. The molecule has 0 aromatic heterocycles. The summed E-state index contributed by atoms with van der Waals surface area (Å²) in [5.41, 5.74) is 0.493. The molecule has 0 bridgehead atoms. The van der Waals surface area contributed by atoms with Gasteiger partial charge in [-0.25, -0.2) is 0 Å². The molecule has 0 spiro atoms. The molecule has 2 saturated heterocycles. The first-order valence-electron chi connectivity index (χ1n) is 14.8. The fraction of sp³-hybridized carbons (Fsp3) is 1.00. The normalized spacial score (nSPS) is 53.8. The van der Waals surface area contributed by atoms with Gasteiger partial charge < -0.3 is 10.2 Å². The monoisotopic (exact) mass is 458 g/mol. The van der Waals surface area contributed by atoms with E-state index < -0.39 is 0 Å². The summed E-state index contributed by atoms with van der Waals surface area (Å²) >= 11 is 0. The lowest BCUT2D eigenvalue weighted by atomic mass is 9.44. The zero-order chi connectivity index (χ0) is 22.8. The summed E-state index contributed by atoms with van der Waals surface area (Å²) in [5.74, 6) is 2.97. The third-order valence-electron chi connectivity index (χ3n) is 12.4. The van der Waals surface area contributed by atoms with E-state index in [2.05, 4.69) is 23.6 Å². The van der Waals surface area contributed by atoms with E-state index in [4.69, 9.17) is 0 Å². The molecule has 2 aliphatic heterocycles. The third-order valence-corrected chi connectivity index (χ3v) is 12.4. The summed E-state index contributed by atoms with van der Waals surface area (Å²) in [5, 5.41) is 22.8. The average molecular weight is 459 g/mol. The van der Waals surface area contributed by atoms with Crippen molar-refractivity contribution >= 4 is 0 Å². The number of aliphatic hydroxyl groups excluding tert-OH is 2. The Labute approximate surface area is 202 Å². The summed E-state index contributed by atoms with van der Waals surface area (Å²) in [6, 6.07) is 0.785. The predicted molar refractivity (Wildman–Crippen MR) is 133 cm³/mol. The molecule has 33 heavy (non-hydrogen) atoms. The fourth-order valence-electron chi connectivity index (χ4n) is 10.5. The van der Waals surface area contributed by atoms with Crippen LogP contribution in [0.1, 0.15) is 97.3 Å². The van der Waals surface area contributed by atoms with Gasteiger partial charge in [-0.05, 0) is 131 Å². The van der Waals surface area contributed by atoms with E-state index in [0.717, 1.165) is 18.3 Å². The molecule has 4 aliphatic carbocycles. The molecule has 2 N–H and O–H groups in total. The second-order valence-corrected chi connectivity index (χ2v) is 13.7. The SMILES string of the molecule is C[C@]12CC[C@H]3[C@H](CC[C@@H]4C[C@H](O)[C@@H](N5CCCCC5)C[C@@]43C)[C@H]1C[C@H](N1CCCCC1)[C@@H]2O. The van der Waals surface area contributed by atoms with Crippen molar-refractivity contribution < 1.29 is 10.2 Å². The van der Waals surface area contributed by atoms with E-state index in [9.17, 15) is 10.2 Å². The molecule has 4 heteroatoms. The van der Waals surface area contributed by atoms with Gasteiger partial charge in [-0.15, -0.1) is 0 Å². The van der Waals surface area contributed by atoms with Crippen LogP contribution in [-0.2, 0) is 0 Å². The smallest absolute Gasteiger partial charge is 0.0751 e. The Morgan fingerprint density at radius 2 is 1.30 bits per heavy atom. The summed E-state index contributed by atoms with van der Waals surface area (Å²) in [4.78, 5) is 5.33. The molecule has 0 unspecified atom stereocenters. The Bertz CT molecular complexity index is 704. The van der Waals surface area contributed by atoms with Crippen molar-refractivity contribution in [2.45, 2.75) is 122 Å². The minimum Gasteiger partial charge on any atom is -0.391 e. The van der Waals surface area contributed by atoms with E-state index in [1.165, 1.54) is 103 Å². The van der Waals surface area contributed by atoms with Crippen LogP contribution in [-0.4, -0.2) is 70.5 Å². The van der Waals surface area contributed by atoms with Crippen molar-refractivity contribution in [1.82, 2.24) is 9.80 Å². The van der Waals surface area contributed by atoms with Crippen LogP contribution in [0, 0.1) is 34.5 Å². The van der Waals surface area contributed by atoms with Gasteiger partial charge in [0.25, 0.3) is 0 Å². The molecule has 0 aromatic rings. The molecule has 4 saturated carbocycles. The molecule has 10 atom stereocenters. The lowest BCUT2D eigenvalue weighted by Gasteiger charge is -2.62. The summed E-state index contributed by atoms with van der Waals surface area (Å²) < 4.78 is 0. The van der Waals surface area contributed by atoms with Crippen LogP contribution in [0.25, 0.3) is 0 Å². The molecule has 6 fully saturated rings. The van der Waals surface area contributed by atoms with Gasteiger partial charge in [0.1, 0.15) is 0 Å². The highest BCUT2D eigenvalue weighted by Gasteiger charge is 2.63. The Kier molecular flexibility index (Phi) is 6.16. The molecule has 0 radical (unpaired) electrons. The van der Waals surface area contributed by atoms with Gasteiger partial charge in [-0.1, -0.05) is 26.7 Å². The topological polar surface area (TPSA) is 46.9 Å². The number of hydrogen-bond acceptors (Lipinski definition) is 4. The maximum Gasteiger partial charge on any atom is 0.0751 e. The second kappa shape index (κ2) is 8.75. The zero-order valence-corrected chi connectivity index (χ0v) is 21.4. The van der Waals surface area contributed by atoms with Crippen LogP contribution in [0.5, 0.6) is 0 Å². The quantitative estimate of drug-likeness (QED) is 0.631. The molecule has 0 aromatic carbocycles. The van der Waals surface area contributed by atoms with E-state index in [0.29, 0.717) is 29.3 Å². The minimum atomic E-state index is -0.138. The molecule has 2 heterocycles. The molecule has 188 valence electrons. The van der Waals surface area contributed by atoms with Crippen LogP contribution in [0.15, 0.2) is 0 Å². The minimum absolute atomic E-state index is 0.118. The van der Waals surface area contributed by atoms with E-state index in [1.54, 1.807) is 0 Å². The van der Waals surface area contributed by atoms with Crippen molar-refractivity contribution in [1.29, 1.82) is 0 Å². The molecule has 6 rings (SSSR count). The second-order valence-electron chi connectivity index (χ2n) is 13.7. The first-order chi connectivity index (χ1) is 15.9. The van der Waals surface area contributed by atoms with Crippen molar-refractivity contribution in [2.75, 3.05) is 26.2 Å². The fourth-order valence-corrected chi connectivity index (χ4v) is 10.5. The number of likely N-dealkylation sites (tertiary alicyclic amines) is 2. The Balaban J connectivity index is 1.24. The van der Waals surface area contributed by atoms with Crippen LogP contribution in [0.4, 0.5) is 0 Å². The zero-order valence-electron chi connectivity index (χ0n) is 21.4. The highest BCUT2D eigenvalue weighted by molar-refractivity contribution is 5.14. The van der Waals surface area contributed by atoms with Gasteiger partial charge in [-0.2, -0.15) is 0 Å². The number of aliphatic hydroxyl groups is 2. The van der Waals surface area contributed by atoms with Crippen molar-refractivity contribution in [2.24, 2.45) is 34.5 Å². The highest BCUT2D eigenvalue weighted by Crippen LogP contribution is 2.66. The van der Waals surface area contributed by atoms with Crippen LogP contribution >= 0.6 is 0 Å². The first-order valence-corrected chi connectivity index (χ1v) is 14.8. The predicted octanol–water partition coefficient (Wildman–Crippen LogP) is 4.68. The number of fused-ring (bicyclic) bond motifs is 5. The molecule has 0 amide bonds. The Hall–Kier alpha value is -0.160. The average Bonchev–Trinajstić information content (AvgIpc) is 3.11. The molecular formula is C29H50N2O2. The van der Waals surface area contributed by atoms with Gasteiger partial charge in [0.05, 0.1) is 12.2 Å². The maximum absolute atomic E-state index is 11.6. The van der Waals surface area contributed by atoms with Gasteiger partial charge >= 0.3 is 0 Å². The van der Waals surface area contributed by atoms with Crippen LogP contribution in [0.3, 0.4) is 0 Å². The van der Waals surface area contributed by atoms with Gasteiger partial charge in [0.2, 0.25) is 0 Å². The van der Waals surface area contributed by atoms with Gasteiger partial charge in [-0.3, -0.25) is 9.80 Å². The number of nitrogens with zero attached hydrogens (tertiary/aromatic N) is 2. The largest absolute Gasteiger partial charge is 0.391 e. The van der Waals surface area contributed by atoms with Crippen molar-refractivity contribution in [3.63, 3.8) is 0 Å². The summed E-state index contributed by atoms with van der Waals surface area (Å²) in [7, 11) is 0. The third kappa shape index (κ3) is 3.67. The molecule has 6 aliphatic rings. The Morgan fingerprint density at radius 1 is 0.667 bits per heavy atom. The lowest BCUT2D eigenvalue weighted by Crippen LogP contribution is -2.60. The standard InChI is InChI=1S/C29H50N2O2/c1-28-12-11-22-21(23(28)18-24(27(28)33)30-13-5-3-6-14-30)10-9-20-17-26(32)25(19-29(20,22)2)31-15-7-4-8-16-31/h20-27,32-33H,3-19H2,1-2H3/t20-,21+,22+,23-,24+,25+,26+,27+,28+,29+/m1/s1. The number of piperidine rings is 2. The van der Waals surface area contributed by atoms with Gasteiger partial charge in [0.15, 0.2) is 0 Å². The van der Waals surface area contributed by atoms with Crippen LogP contribution < -0.4 is 0 Å². The van der Waals surface area contributed by atoms with E-state index >= 15 is 0 Å². The lowest BCUT2D eigenvalue weighted by molar-refractivity contribution is -0.154. The number of rotatable bonds is 2. The highest BCUT2D eigenvalue weighted by atomic mass is 16.3. The van der Waals surface area contributed by atoms with Crippen molar-refractivity contribution in [3.8, 4) is 0 Å². The Morgan fingerprint density at radius 3 is 1.97 bits per heavy atom. The van der Waals surface area contributed by atoms with Crippen LogP contribution in [0.2, 0.25) is 0 Å². The molecular weight excluding hydrogens is 408 g/mol. The van der Waals surface area contributed by atoms with Gasteiger partial charge in [0, 0.05) is 12.1 Å². The van der Waals surface area contributed by atoms with E-state index in [1.807, 2.05) is 0 Å². The van der Waals surface area contributed by atoms with Crippen molar-refractivity contribution in [3.05, 3.63) is 0 Å². The first kappa shape index (κ1) is 23.3.